The molecule has 0 aromatic rings. The second kappa shape index (κ2) is 12.8. The van der Waals surface area contributed by atoms with Gasteiger partial charge in [-0.1, -0.05) is 70.9 Å². The lowest BCUT2D eigenvalue weighted by atomic mass is 10.0. The largest absolute Gasteiger partial charge is 0.0853 e. The second-order valence-electron chi connectivity index (χ2n) is 4.92. The van der Waals surface area contributed by atoms with Crippen molar-refractivity contribution in [2.75, 3.05) is 0 Å². The Morgan fingerprint density at radius 3 is 2.00 bits per heavy atom. The highest BCUT2D eigenvalue weighted by Gasteiger charge is 1.96. The standard InChI is InChI=1S/C16H32/c1-4-7-9-11-14-16(13-6-3)15-12-10-8-5-2/h14H,4-13,15H2,1-3H3. The molecule has 0 spiro atoms. The molecule has 16 heavy (non-hydrogen) atoms. The van der Waals surface area contributed by atoms with Gasteiger partial charge in [-0.05, 0) is 32.1 Å². The van der Waals surface area contributed by atoms with Gasteiger partial charge in [0.25, 0.3) is 0 Å². The molecule has 0 N–H and O–H groups in total. The summed E-state index contributed by atoms with van der Waals surface area (Å²) in [4.78, 5) is 0. The van der Waals surface area contributed by atoms with Crippen LogP contribution < -0.4 is 0 Å². The lowest BCUT2D eigenvalue weighted by molar-refractivity contribution is 0.647. The molecule has 0 bridgehead atoms. The molecule has 0 aliphatic carbocycles. The first-order valence-corrected chi connectivity index (χ1v) is 7.53. The van der Waals surface area contributed by atoms with Gasteiger partial charge in [0.05, 0.1) is 0 Å². The summed E-state index contributed by atoms with van der Waals surface area (Å²) < 4.78 is 0. The van der Waals surface area contributed by atoms with Crippen molar-refractivity contribution >= 4 is 0 Å². The second-order valence-corrected chi connectivity index (χ2v) is 4.92. The maximum absolute atomic E-state index is 2.53. The quantitative estimate of drug-likeness (QED) is 0.287. The molecule has 0 radical (unpaired) electrons. The number of hydrogen-bond acceptors (Lipinski definition) is 0. The van der Waals surface area contributed by atoms with Gasteiger partial charge in [0.15, 0.2) is 0 Å². The summed E-state index contributed by atoms with van der Waals surface area (Å²) >= 11 is 0. The molecule has 0 rings (SSSR count). The molecule has 0 heteroatoms. The van der Waals surface area contributed by atoms with Crippen LogP contribution >= 0.6 is 0 Å². The fraction of sp³-hybridized carbons (Fsp3) is 0.875. The minimum Gasteiger partial charge on any atom is -0.0853 e. The molecule has 0 aromatic heterocycles. The summed E-state index contributed by atoms with van der Waals surface area (Å²) in [5.41, 5.74) is 1.73. The Labute approximate surface area is 104 Å². The lowest BCUT2D eigenvalue weighted by Gasteiger charge is -2.06. The molecule has 0 aliphatic heterocycles. The van der Waals surface area contributed by atoms with Gasteiger partial charge in [-0.3, -0.25) is 0 Å². The molecule has 0 unspecified atom stereocenters. The number of hydrogen-bond donors (Lipinski definition) is 0. The Balaban J connectivity index is 3.67. The van der Waals surface area contributed by atoms with Crippen LogP contribution in [0.1, 0.15) is 91.4 Å². The first kappa shape index (κ1) is 15.7. The SMILES string of the molecule is CCCCCC=C(CCC)CCCCCC. The topological polar surface area (TPSA) is 0 Å². The normalized spacial score (nSPS) is 12.1. The van der Waals surface area contributed by atoms with E-state index in [1.165, 1.54) is 70.6 Å². The number of unbranched alkanes of at least 4 members (excludes halogenated alkanes) is 6. The van der Waals surface area contributed by atoms with Crippen LogP contribution in [0.15, 0.2) is 11.6 Å². The summed E-state index contributed by atoms with van der Waals surface area (Å²) in [5, 5.41) is 0. The molecule has 0 atom stereocenters. The van der Waals surface area contributed by atoms with Crippen LogP contribution in [0.2, 0.25) is 0 Å². The Hall–Kier alpha value is -0.260. The third-order valence-corrected chi connectivity index (χ3v) is 3.16. The van der Waals surface area contributed by atoms with Gasteiger partial charge < -0.3 is 0 Å². The molecule has 0 amide bonds. The first-order valence-electron chi connectivity index (χ1n) is 7.53. The molecule has 0 saturated carbocycles. The van der Waals surface area contributed by atoms with Crippen LogP contribution in [-0.4, -0.2) is 0 Å². The summed E-state index contributed by atoms with van der Waals surface area (Å²) in [6.07, 6.45) is 17.6. The van der Waals surface area contributed by atoms with Crippen LogP contribution in [0.3, 0.4) is 0 Å². The predicted molar refractivity (Wildman–Crippen MR) is 75.9 cm³/mol. The van der Waals surface area contributed by atoms with E-state index in [1.54, 1.807) is 5.57 Å². The van der Waals surface area contributed by atoms with E-state index in [9.17, 15) is 0 Å². The van der Waals surface area contributed by atoms with E-state index in [4.69, 9.17) is 0 Å². The van der Waals surface area contributed by atoms with E-state index in [1.807, 2.05) is 0 Å². The van der Waals surface area contributed by atoms with Crippen molar-refractivity contribution in [1.29, 1.82) is 0 Å². The summed E-state index contributed by atoms with van der Waals surface area (Å²) in [6.45, 7) is 6.86. The highest BCUT2D eigenvalue weighted by Crippen LogP contribution is 2.16. The molecular formula is C16H32. The van der Waals surface area contributed by atoms with Crippen molar-refractivity contribution in [3.05, 3.63) is 11.6 Å². The maximum atomic E-state index is 2.53. The molecule has 0 saturated heterocycles. The van der Waals surface area contributed by atoms with Gasteiger partial charge in [0.1, 0.15) is 0 Å². The Kier molecular flexibility index (Phi) is 12.6. The van der Waals surface area contributed by atoms with Gasteiger partial charge >= 0.3 is 0 Å². The van der Waals surface area contributed by atoms with Crippen LogP contribution in [-0.2, 0) is 0 Å². The Morgan fingerprint density at radius 2 is 1.38 bits per heavy atom. The van der Waals surface area contributed by atoms with Crippen LogP contribution in [0.4, 0.5) is 0 Å². The summed E-state index contributed by atoms with van der Waals surface area (Å²) in [7, 11) is 0. The van der Waals surface area contributed by atoms with Crippen LogP contribution in [0.25, 0.3) is 0 Å². The van der Waals surface area contributed by atoms with Crippen molar-refractivity contribution in [3.63, 3.8) is 0 Å². The zero-order valence-electron chi connectivity index (χ0n) is 11.9. The molecule has 0 fully saturated rings. The molecule has 0 heterocycles. The van der Waals surface area contributed by atoms with Gasteiger partial charge in [-0.25, -0.2) is 0 Å². The van der Waals surface area contributed by atoms with Gasteiger partial charge in [-0.2, -0.15) is 0 Å². The predicted octanol–water partition coefficient (Wildman–Crippen LogP) is 6.26. The molecule has 0 aromatic carbocycles. The third-order valence-electron chi connectivity index (χ3n) is 3.16. The van der Waals surface area contributed by atoms with Crippen LogP contribution in [0, 0.1) is 0 Å². The summed E-state index contributed by atoms with van der Waals surface area (Å²) in [6, 6.07) is 0. The molecule has 96 valence electrons. The van der Waals surface area contributed by atoms with Gasteiger partial charge in [0.2, 0.25) is 0 Å². The fourth-order valence-corrected chi connectivity index (χ4v) is 2.13. The maximum Gasteiger partial charge on any atom is -0.0320 e. The van der Waals surface area contributed by atoms with E-state index < -0.39 is 0 Å². The van der Waals surface area contributed by atoms with Crippen molar-refractivity contribution < 1.29 is 0 Å². The van der Waals surface area contributed by atoms with E-state index in [0.717, 1.165) is 0 Å². The van der Waals surface area contributed by atoms with Crippen molar-refractivity contribution in [3.8, 4) is 0 Å². The average molecular weight is 224 g/mol. The van der Waals surface area contributed by atoms with E-state index in [0.29, 0.717) is 0 Å². The minimum absolute atomic E-state index is 1.31. The lowest BCUT2D eigenvalue weighted by Crippen LogP contribution is -1.86. The van der Waals surface area contributed by atoms with Crippen molar-refractivity contribution in [2.24, 2.45) is 0 Å². The molecule has 0 nitrogen and oxygen atoms in total. The van der Waals surface area contributed by atoms with E-state index in [2.05, 4.69) is 26.8 Å². The monoisotopic (exact) mass is 224 g/mol. The number of allylic oxidation sites excluding steroid dienone is 2. The third kappa shape index (κ3) is 10.3. The van der Waals surface area contributed by atoms with Crippen LogP contribution in [0.5, 0.6) is 0 Å². The minimum atomic E-state index is 1.31. The first-order chi connectivity index (χ1) is 7.85. The van der Waals surface area contributed by atoms with Gasteiger partial charge in [0, 0.05) is 0 Å². The van der Waals surface area contributed by atoms with Crippen molar-refractivity contribution in [2.45, 2.75) is 91.4 Å². The molecular weight excluding hydrogens is 192 g/mol. The smallest absolute Gasteiger partial charge is 0.0320 e. The van der Waals surface area contributed by atoms with E-state index >= 15 is 0 Å². The van der Waals surface area contributed by atoms with E-state index in [-0.39, 0.29) is 0 Å². The Morgan fingerprint density at radius 1 is 0.688 bits per heavy atom. The highest BCUT2D eigenvalue weighted by molar-refractivity contribution is 5.01. The average Bonchev–Trinajstić information content (AvgIpc) is 2.30. The molecule has 0 aliphatic rings. The Bertz CT molecular complexity index is 155. The highest BCUT2D eigenvalue weighted by atomic mass is 14.0. The number of rotatable bonds is 11. The summed E-state index contributed by atoms with van der Waals surface area (Å²) in [5.74, 6) is 0. The van der Waals surface area contributed by atoms with Gasteiger partial charge in [-0.15, -0.1) is 0 Å². The zero-order chi connectivity index (χ0) is 12.1. The zero-order valence-corrected chi connectivity index (χ0v) is 11.9. The fourth-order valence-electron chi connectivity index (χ4n) is 2.13. The van der Waals surface area contributed by atoms with Crippen molar-refractivity contribution in [1.82, 2.24) is 0 Å².